The second-order valence-corrected chi connectivity index (χ2v) is 2.84. The molecule has 12 heavy (non-hydrogen) atoms. The number of halogens is 1. The van der Waals surface area contributed by atoms with Gasteiger partial charge in [0.25, 0.3) is 0 Å². The van der Waals surface area contributed by atoms with E-state index in [2.05, 4.69) is 15.9 Å². The van der Waals surface area contributed by atoms with Gasteiger partial charge in [0.2, 0.25) is 0 Å². The third kappa shape index (κ3) is 3.90. The van der Waals surface area contributed by atoms with Crippen LogP contribution < -0.4 is 5.46 Å². The van der Waals surface area contributed by atoms with Crippen LogP contribution >= 0.6 is 15.9 Å². The molecule has 0 aromatic heterocycles. The van der Waals surface area contributed by atoms with Gasteiger partial charge in [-0.3, -0.25) is 0 Å². The van der Waals surface area contributed by atoms with Gasteiger partial charge in [0.15, 0.2) is 0 Å². The maximum Gasteiger partial charge on any atom is 0.488 e. The third-order valence-corrected chi connectivity index (χ3v) is 1.70. The summed E-state index contributed by atoms with van der Waals surface area (Å²) in [6.45, 7) is 4.00. The minimum atomic E-state index is -1.37. The highest BCUT2D eigenvalue weighted by Crippen LogP contribution is 2.04. The lowest BCUT2D eigenvalue weighted by atomic mass is 9.81. The van der Waals surface area contributed by atoms with E-state index in [1.165, 1.54) is 0 Å². The molecular weight excluding hydrogens is 219 g/mol. The minimum absolute atomic E-state index is 0.503. The highest BCUT2D eigenvalue weighted by atomic mass is 79.9. The first kappa shape index (κ1) is 11.7. The lowest BCUT2D eigenvalue weighted by Crippen LogP contribution is -2.29. The number of rotatable bonds is 1. The van der Waals surface area contributed by atoms with Crippen molar-refractivity contribution >= 4 is 28.5 Å². The molecule has 1 rings (SSSR count). The molecule has 2 nitrogen and oxygen atoms in total. The van der Waals surface area contributed by atoms with Gasteiger partial charge in [-0.15, -0.1) is 0 Å². The van der Waals surface area contributed by atoms with Gasteiger partial charge in [-0.1, -0.05) is 41.9 Å². The van der Waals surface area contributed by atoms with E-state index in [0.29, 0.717) is 5.46 Å². The van der Waals surface area contributed by atoms with E-state index in [1.54, 1.807) is 24.3 Å². The van der Waals surface area contributed by atoms with E-state index in [-0.39, 0.29) is 0 Å². The Bertz CT molecular complexity index is 211. The summed E-state index contributed by atoms with van der Waals surface area (Å²) >= 11 is 3.23. The van der Waals surface area contributed by atoms with Crippen molar-refractivity contribution in [3.05, 3.63) is 28.7 Å². The number of hydrogen-bond donors (Lipinski definition) is 2. The summed E-state index contributed by atoms with van der Waals surface area (Å²) in [7, 11) is -1.37. The quantitative estimate of drug-likeness (QED) is 0.711. The Labute approximate surface area is 81.5 Å². The van der Waals surface area contributed by atoms with Crippen LogP contribution in [0.15, 0.2) is 28.7 Å². The fourth-order valence-corrected chi connectivity index (χ4v) is 0.899. The molecule has 66 valence electrons. The van der Waals surface area contributed by atoms with Gasteiger partial charge in [0.1, 0.15) is 0 Å². The molecule has 0 saturated heterocycles. The molecule has 0 aliphatic heterocycles. The maximum absolute atomic E-state index is 8.65. The Balaban J connectivity index is 0.000000561. The molecule has 1 aromatic carbocycles. The second kappa shape index (κ2) is 6.23. The molecule has 0 spiro atoms. The smallest absolute Gasteiger partial charge is 0.423 e. The van der Waals surface area contributed by atoms with Crippen molar-refractivity contribution in [1.29, 1.82) is 0 Å². The van der Waals surface area contributed by atoms with Crippen LogP contribution in [0.3, 0.4) is 0 Å². The van der Waals surface area contributed by atoms with Crippen molar-refractivity contribution in [2.45, 2.75) is 13.8 Å². The Kier molecular flexibility index (Phi) is 6.07. The highest BCUT2D eigenvalue weighted by molar-refractivity contribution is 9.10. The van der Waals surface area contributed by atoms with Gasteiger partial charge < -0.3 is 10.0 Å². The maximum atomic E-state index is 8.65. The molecule has 0 radical (unpaired) electrons. The summed E-state index contributed by atoms with van der Waals surface area (Å²) in [4.78, 5) is 0. The molecule has 1 aromatic rings. The van der Waals surface area contributed by atoms with Crippen LogP contribution in [0.25, 0.3) is 0 Å². The Morgan fingerprint density at radius 1 is 1.08 bits per heavy atom. The predicted molar refractivity (Wildman–Crippen MR) is 55.3 cm³/mol. The molecule has 0 aliphatic rings. The zero-order valence-corrected chi connectivity index (χ0v) is 8.75. The third-order valence-electron chi connectivity index (χ3n) is 1.17. The summed E-state index contributed by atoms with van der Waals surface area (Å²) < 4.78 is 0.928. The van der Waals surface area contributed by atoms with Gasteiger partial charge >= 0.3 is 7.12 Å². The average Bonchev–Trinajstić information content (AvgIpc) is 2.09. The number of hydrogen-bond acceptors (Lipinski definition) is 2. The molecule has 0 fully saturated rings. The number of benzene rings is 1. The van der Waals surface area contributed by atoms with Crippen LogP contribution in [-0.4, -0.2) is 17.2 Å². The normalized spacial score (nSPS) is 8.42. The van der Waals surface area contributed by atoms with Gasteiger partial charge in [0, 0.05) is 4.47 Å². The Hall–Kier alpha value is -0.315. The van der Waals surface area contributed by atoms with Crippen molar-refractivity contribution in [2.75, 3.05) is 0 Å². The van der Waals surface area contributed by atoms with Crippen LogP contribution in [0, 0.1) is 0 Å². The van der Waals surface area contributed by atoms with Gasteiger partial charge in [0.05, 0.1) is 0 Å². The van der Waals surface area contributed by atoms with E-state index in [9.17, 15) is 0 Å². The monoisotopic (exact) mass is 230 g/mol. The predicted octanol–water partition coefficient (Wildman–Crippen LogP) is 1.16. The molecule has 0 heterocycles. The van der Waals surface area contributed by atoms with Gasteiger partial charge in [-0.25, -0.2) is 0 Å². The van der Waals surface area contributed by atoms with Crippen molar-refractivity contribution in [3.8, 4) is 0 Å². The van der Waals surface area contributed by atoms with Crippen LogP contribution in [0.2, 0.25) is 0 Å². The Morgan fingerprint density at radius 3 is 1.83 bits per heavy atom. The average molecular weight is 231 g/mol. The summed E-state index contributed by atoms with van der Waals surface area (Å²) in [5, 5.41) is 17.3. The van der Waals surface area contributed by atoms with Crippen LogP contribution in [0.4, 0.5) is 0 Å². The lowest BCUT2D eigenvalue weighted by molar-refractivity contribution is 0.426. The summed E-state index contributed by atoms with van der Waals surface area (Å²) in [6, 6.07) is 6.81. The molecule has 4 heteroatoms. The topological polar surface area (TPSA) is 40.5 Å². The van der Waals surface area contributed by atoms with E-state index in [0.717, 1.165) is 4.47 Å². The first-order valence-electron chi connectivity index (χ1n) is 3.82. The van der Waals surface area contributed by atoms with Crippen LogP contribution in [-0.2, 0) is 0 Å². The highest BCUT2D eigenvalue weighted by Gasteiger charge is 2.08. The molecule has 0 atom stereocenters. The first-order valence-corrected chi connectivity index (χ1v) is 4.61. The fourth-order valence-electron chi connectivity index (χ4n) is 0.635. The molecule has 0 aliphatic carbocycles. The van der Waals surface area contributed by atoms with Crippen molar-refractivity contribution in [2.24, 2.45) is 0 Å². The standard InChI is InChI=1S/C6H6BBrO2.C2H6/c8-6-3-1-5(2-4-6)7(9)10;1-2/h1-4,9-10H;1-2H3. The largest absolute Gasteiger partial charge is 0.488 e. The van der Waals surface area contributed by atoms with E-state index in [1.807, 2.05) is 13.8 Å². The molecule has 0 saturated carbocycles. The first-order chi connectivity index (χ1) is 5.70. The van der Waals surface area contributed by atoms with E-state index < -0.39 is 7.12 Å². The summed E-state index contributed by atoms with van der Waals surface area (Å²) in [6.07, 6.45) is 0. The van der Waals surface area contributed by atoms with Crippen LogP contribution in [0.1, 0.15) is 13.8 Å². The van der Waals surface area contributed by atoms with Crippen LogP contribution in [0.5, 0.6) is 0 Å². The van der Waals surface area contributed by atoms with E-state index >= 15 is 0 Å². The van der Waals surface area contributed by atoms with Gasteiger partial charge in [-0.2, -0.15) is 0 Å². The molecule has 0 amide bonds. The Morgan fingerprint density at radius 2 is 1.50 bits per heavy atom. The SMILES string of the molecule is CC.OB(O)c1ccc(Br)cc1. The molecule has 2 N–H and O–H groups in total. The second-order valence-electron chi connectivity index (χ2n) is 1.93. The van der Waals surface area contributed by atoms with Crippen molar-refractivity contribution in [1.82, 2.24) is 0 Å². The van der Waals surface area contributed by atoms with Crippen molar-refractivity contribution in [3.63, 3.8) is 0 Å². The molecule has 0 bridgehead atoms. The summed E-state index contributed by atoms with van der Waals surface area (Å²) in [5.41, 5.74) is 0.503. The minimum Gasteiger partial charge on any atom is -0.423 e. The lowest BCUT2D eigenvalue weighted by Gasteiger charge is -1.96. The zero-order chi connectivity index (χ0) is 9.56. The zero-order valence-electron chi connectivity index (χ0n) is 7.16. The fraction of sp³-hybridized carbons (Fsp3) is 0.250. The van der Waals surface area contributed by atoms with Crippen molar-refractivity contribution < 1.29 is 10.0 Å². The summed E-state index contributed by atoms with van der Waals surface area (Å²) in [5.74, 6) is 0. The molecule has 0 unspecified atom stereocenters. The van der Waals surface area contributed by atoms with E-state index in [4.69, 9.17) is 10.0 Å². The molecular formula is C8H12BBrO2. The van der Waals surface area contributed by atoms with Gasteiger partial charge in [-0.05, 0) is 17.6 Å².